The van der Waals surface area contributed by atoms with Crippen molar-refractivity contribution >= 4 is 17.7 Å². The van der Waals surface area contributed by atoms with Gasteiger partial charge in [-0.25, -0.2) is 0 Å². The molecule has 0 unspecified atom stereocenters. The molecule has 6 nitrogen and oxygen atoms in total. The monoisotopic (exact) mass is 371 g/mol. The van der Waals surface area contributed by atoms with Gasteiger partial charge in [0.25, 0.3) is 0 Å². The van der Waals surface area contributed by atoms with Crippen molar-refractivity contribution in [2.24, 2.45) is 17.8 Å². The van der Waals surface area contributed by atoms with E-state index in [0.717, 1.165) is 23.1 Å². The molecule has 2 saturated carbocycles. The van der Waals surface area contributed by atoms with Crippen molar-refractivity contribution in [3.8, 4) is 5.69 Å². The Kier molecular flexibility index (Phi) is 4.98. The Morgan fingerprint density at radius 1 is 1.35 bits per heavy atom. The van der Waals surface area contributed by atoms with E-state index >= 15 is 0 Å². The van der Waals surface area contributed by atoms with Crippen molar-refractivity contribution in [2.75, 3.05) is 5.75 Å². The van der Waals surface area contributed by atoms with E-state index < -0.39 is 0 Å². The second-order valence-electron chi connectivity index (χ2n) is 7.64. The van der Waals surface area contributed by atoms with Crippen molar-refractivity contribution in [1.82, 2.24) is 25.5 Å². The fourth-order valence-corrected chi connectivity index (χ4v) is 5.36. The molecule has 1 aromatic carbocycles. The van der Waals surface area contributed by atoms with Crippen molar-refractivity contribution in [1.29, 1.82) is 0 Å². The molecule has 0 spiro atoms. The molecule has 2 aliphatic rings. The first-order chi connectivity index (χ1) is 12.6. The Labute approximate surface area is 158 Å². The van der Waals surface area contributed by atoms with Crippen molar-refractivity contribution in [3.63, 3.8) is 0 Å². The number of benzene rings is 1. The molecule has 2 fully saturated rings. The Balaban J connectivity index is 1.34. The van der Waals surface area contributed by atoms with E-state index in [4.69, 9.17) is 0 Å². The van der Waals surface area contributed by atoms with Gasteiger partial charge in [0, 0.05) is 6.04 Å². The second kappa shape index (κ2) is 7.39. The number of rotatable bonds is 6. The normalized spacial score (nSPS) is 25.4. The molecule has 4 rings (SSSR count). The average molecular weight is 372 g/mol. The molecule has 2 aliphatic carbocycles. The van der Waals surface area contributed by atoms with Crippen molar-refractivity contribution < 1.29 is 4.79 Å². The standard InChI is InChI=1S/C19H25N5OS/c1-12-5-3-4-6-17(12)24-19(21-22-23-24)26-11-18(25)20-13(2)16-10-14-7-8-15(16)9-14/h3-6,13-16H,7-11H2,1-2H3,(H,20,25)/t13-,14-,15-,16+/m0/s1. The molecule has 0 saturated heterocycles. The number of para-hydroxylation sites is 1. The first-order valence-corrected chi connectivity index (χ1v) is 10.4. The van der Waals surface area contributed by atoms with E-state index in [1.807, 2.05) is 31.2 Å². The Morgan fingerprint density at radius 2 is 2.19 bits per heavy atom. The SMILES string of the molecule is Cc1ccccc1-n1nnnc1SCC(=O)N[C@@H](C)[C@H]1C[C@H]2CC[C@H]1C2. The fourth-order valence-electron chi connectivity index (χ4n) is 4.66. The molecule has 4 atom stereocenters. The van der Waals surface area contributed by atoms with Gasteiger partial charge in [0.15, 0.2) is 0 Å². The summed E-state index contributed by atoms with van der Waals surface area (Å²) in [7, 11) is 0. The van der Waals surface area contributed by atoms with Crippen LogP contribution in [0.25, 0.3) is 5.69 Å². The molecule has 1 heterocycles. The second-order valence-corrected chi connectivity index (χ2v) is 8.59. The van der Waals surface area contributed by atoms with Crippen LogP contribution in [0.1, 0.15) is 38.2 Å². The lowest BCUT2D eigenvalue weighted by molar-refractivity contribution is -0.119. The Bertz CT molecular complexity index is 792. The van der Waals surface area contributed by atoms with E-state index in [0.29, 0.717) is 16.8 Å². The first-order valence-electron chi connectivity index (χ1n) is 9.38. The van der Waals surface area contributed by atoms with Gasteiger partial charge in [-0.05, 0) is 72.9 Å². The maximum absolute atomic E-state index is 12.4. The highest BCUT2D eigenvalue weighted by molar-refractivity contribution is 7.99. The predicted molar refractivity (Wildman–Crippen MR) is 101 cm³/mol. The molecule has 2 aromatic rings. The van der Waals surface area contributed by atoms with Crippen molar-refractivity contribution in [3.05, 3.63) is 29.8 Å². The van der Waals surface area contributed by atoms with Gasteiger partial charge in [-0.3, -0.25) is 4.79 Å². The highest BCUT2D eigenvalue weighted by Gasteiger charge is 2.42. The van der Waals surface area contributed by atoms with Crippen LogP contribution in [0.3, 0.4) is 0 Å². The summed E-state index contributed by atoms with van der Waals surface area (Å²) < 4.78 is 1.70. The lowest BCUT2D eigenvalue weighted by Gasteiger charge is -2.28. The Morgan fingerprint density at radius 3 is 2.92 bits per heavy atom. The number of nitrogens with one attached hydrogen (secondary N) is 1. The molecule has 7 heteroatoms. The number of aromatic nitrogens is 4. The average Bonchev–Trinajstić information content (AvgIpc) is 3.37. The zero-order chi connectivity index (χ0) is 18.1. The van der Waals surface area contributed by atoms with E-state index in [1.54, 1.807) is 4.68 Å². The van der Waals surface area contributed by atoms with Crippen LogP contribution in [0.2, 0.25) is 0 Å². The van der Waals surface area contributed by atoms with Gasteiger partial charge in [-0.15, -0.1) is 5.10 Å². The summed E-state index contributed by atoms with van der Waals surface area (Å²) in [6, 6.07) is 8.20. The molecule has 0 radical (unpaired) electrons. The molecule has 1 amide bonds. The van der Waals surface area contributed by atoms with E-state index in [-0.39, 0.29) is 11.9 Å². The third kappa shape index (κ3) is 3.49. The number of hydrogen-bond donors (Lipinski definition) is 1. The number of amides is 1. The van der Waals surface area contributed by atoms with E-state index in [2.05, 4.69) is 27.8 Å². The van der Waals surface area contributed by atoms with Gasteiger partial charge in [0.05, 0.1) is 11.4 Å². The van der Waals surface area contributed by atoms with Crippen LogP contribution in [0.4, 0.5) is 0 Å². The number of nitrogens with zero attached hydrogens (tertiary/aromatic N) is 4. The lowest BCUT2D eigenvalue weighted by atomic mass is 9.84. The number of carbonyl (C=O) groups is 1. The van der Waals surface area contributed by atoms with Gasteiger partial charge in [-0.2, -0.15) is 4.68 Å². The summed E-state index contributed by atoms with van der Waals surface area (Å²) in [5.74, 6) is 2.76. The summed E-state index contributed by atoms with van der Waals surface area (Å²) in [6.07, 6.45) is 5.38. The van der Waals surface area contributed by atoms with Crippen LogP contribution < -0.4 is 5.32 Å². The number of carbonyl (C=O) groups excluding carboxylic acids is 1. The molecule has 0 aliphatic heterocycles. The summed E-state index contributed by atoms with van der Waals surface area (Å²) in [5, 5.41) is 15.8. The van der Waals surface area contributed by atoms with Crippen LogP contribution in [0, 0.1) is 24.7 Å². The fraction of sp³-hybridized carbons (Fsp3) is 0.579. The zero-order valence-electron chi connectivity index (χ0n) is 15.3. The molecule has 26 heavy (non-hydrogen) atoms. The maximum atomic E-state index is 12.4. The van der Waals surface area contributed by atoms with Gasteiger partial charge in [-0.1, -0.05) is 36.4 Å². The molecule has 1 N–H and O–H groups in total. The van der Waals surface area contributed by atoms with Gasteiger partial charge < -0.3 is 5.32 Å². The van der Waals surface area contributed by atoms with Crippen LogP contribution in [0.5, 0.6) is 0 Å². The summed E-state index contributed by atoms with van der Waals surface area (Å²) in [5.41, 5.74) is 2.03. The van der Waals surface area contributed by atoms with E-state index in [1.165, 1.54) is 37.4 Å². The summed E-state index contributed by atoms with van der Waals surface area (Å²) in [6.45, 7) is 4.18. The highest BCUT2D eigenvalue weighted by Crippen LogP contribution is 2.49. The minimum Gasteiger partial charge on any atom is -0.353 e. The minimum absolute atomic E-state index is 0.0598. The largest absolute Gasteiger partial charge is 0.353 e. The number of hydrogen-bond acceptors (Lipinski definition) is 5. The summed E-state index contributed by atoms with van der Waals surface area (Å²) >= 11 is 1.38. The number of tetrazole rings is 1. The zero-order valence-corrected chi connectivity index (χ0v) is 16.1. The molecular formula is C19H25N5OS. The van der Waals surface area contributed by atoms with Gasteiger partial charge in [0.1, 0.15) is 0 Å². The molecule has 138 valence electrons. The number of aryl methyl sites for hydroxylation is 1. The maximum Gasteiger partial charge on any atom is 0.230 e. The van der Waals surface area contributed by atoms with Crippen LogP contribution >= 0.6 is 11.8 Å². The molecule has 2 bridgehead atoms. The van der Waals surface area contributed by atoms with Crippen molar-refractivity contribution in [2.45, 2.75) is 50.7 Å². The molecule has 1 aromatic heterocycles. The molecular weight excluding hydrogens is 346 g/mol. The van der Waals surface area contributed by atoms with E-state index in [9.17, 15) is 4.79 Å². The van der Waals surface area contributed by atoms with Crippen LogP contribution in [-0.2, 0) is 4.79 Å². The summed E-state index contributed by atoms with van der Waals surface area (Å²) in [4.78, 5) is 12.4. The number of fused-ring (bicyclic) bond motifs is 2. The smallest absolute Gasteiger partial charge is 0.230 e. The topological polar surface area (TPSA) is 72.7 Å². The van der Waals surface area contributed by atoms with Crippen LogP contribution in [0.15, 0.2) is 29.4 Å². The highest BCUT2D eigenvalue weighted by atomic mass is 32.2. The van der Waals surface area contributed by atoms with Crippen LogP contribution in [-0.4, -0.2) is 37.9 Å². The van der Waals surface area contributed by atoms with Gasteiger partial charge >= 0.3 is 0 Å². The Hall–Kier alpha value is -1.89. The predicted octanol–water partition coefficient (Wildman–Crippen LogP) is 3.00. The third-order valence-electron chi connectivity index (χ3n) is 5.94. The van der Waals surface area contributed by atoms with Gasteiger partial charge in [0.2, 0.25) is 11.1 Å². The first kappa shape index (κ1) is 17.5. The minimum atomic E-state index is 0.0598. The lowest BCUT2D eigenvalue weighted by Crippen LogP contribution is -2.40. The third-order valence-corrected chi connectivity index (χ3v) is 6.86. The number of thioether (sulfide) groups is 1. The quantitative estimate of drug-likeness (QED) is 0.790.